The van der Waals surface area contributed by atoms with E-state index in [1.165, 1.54) is 0 Å². The summed E-state index contributed by atoms with van der Waals surface area (Å²) in [5.74, 6) is -0.170. The number of amides is 1. The van der Waals surface area contributed by atoms with E-state index in [2.05, 4.69) is 4.99 Å². The number of nitrogens with one attached hydrogen (secondary N) is 1. The van der Waals surface area contributed by atoms with Crippen LogP contribution in [0.1, 0.15) is 35.6 Å². The van der Waals surface area contributed by atoms with Gasteiger partial charge in [0.2, 0.25) is 5.90 Å². The average Bonchev–Trinajstić information content (AvgIpc) is 3.34. The van der Waals surface area contributed by atoms with E-state index in [0.29, 0.717) is 29.9 Å². The van der Waals surface area contributed by atoms with E-state index in [9.17, 15) is 18.0 Å². The normalized spacial score (nSPS) is 19.0. The van der Waals surface area contributed by atoms with Crippen molar-refractivity contribution in [2.75, 3.05) is 19.8 Å². The molecule has 1 aliphatic heterocycles. The van der Waals surface area contributed by atoms with E-state index in [0.717, 1.165) is 5.56 Å². The van der Waals surface area contributed by atoms with Crippen LogP contribution in [-0.2, 0) is 9.53 Å². The monoisotopic (exact) mass is 538 g/mol. The molecule has 2 N–H and O–H groups in total. The molecular formula is C30H29F3N2O4. The number of hydrogen-bond acceptors (Lipinski definition) is 5. The van der Waals surface area contributed by atoms with Crippen molar-refractivity contribution in [1.82, 2.24) is 5.32 Å². The number of alkyl halides is 3. The fraction of sp³-hybridized carbons (Fsp3) is 0.267. The molecule has 6 nitrogen and oxygen atoms in total. The Kier molecular flexibility index (Phi) is 9.03. The summed E-state index contributed by atoms with van der Waals surface area (Å²) in [6, 6.07) is 25.0. The van der Waals surface area contributed by atoms with Gasteiger partial charge in [0, 0.05) is 25.0 Å². The fourth-order valence-corrected chi connectivity index (χ4v) is 4.22. The standard InChI is InChI=1S/C30H29F3N2O4/c31-30(32,33)21-34-28(37)29(18-7-11-22-9-3-1-4-10-22)26(23-12-5-2-6-13-23)39-27(35-29)24-14-16-25(17-15-24)38-20-8-19-36/h1-7,9-17,26,36H,8,18-21H2,(H,34,37)/b11-7+/t26-,29-/m1/s1. The van der Waals surface area contributed by atoms with Crippen LogP contribution in [-0.4, -0.2) is 48.4 Å². The van der Waals surface area contributed by atoms with Crippen LogP contribution >= 0.6 is 0 Å². The summed E-state index contributed by atoms with van der Waals surface area (Å²) in [5.41, 5.74) is 0.335. The molecule has 0 aliphatic carbocycles. The van der Waals surface area contributed by atoms with Gasteiger partial charge >= 0.3 is 6.18 Å². The lowest BCUT2D eigenvalue weighted by Gasteiger charge is -2.30. The zero-order valence-electron chi connectivity index (χ0n) is 21.1. The first kappa shape index (κ1) is 27.9. The van der Waals surface area contributed by atoms with Gasteiger partial charge in [-0.15, -0.1) is 0 Å². The van der Waals surface area contributed by atoms with Crippen LogP contribution in [0.25, 0.3) is 6.08 Å². The molecule has 3 aromatic carbocycles. The van der Waals surface area contributed by atoms with Gasteiger partial charge in [0.05, 0.1) is 6.61 Å². The zero-order chi connectivity index (χ0) is 27.7. The Bertz CT molecular complexity index is 1280. The van der Waals surface area contributed by atoms with E-state index in [4.69, 9.17) is 14.6 Å². The molecule has 9 heteroatoms. The summed E-state index contributed by atoms with van der Waals surface area (Å²) in [5, 5.41) is 11.0. The number of hydrogen-bond donors (Lipinski definition) is 2. The highest BCUT2D eigenvalue weighted by Crippen LogP contribution is 2.43. The molecule has 0 unspecified atom stereocenters. The van der Waals surface area contributed by atoms with Crippen LogP contribution in [0.4, 0.5) is 13.2 Å². The topological polar surface area (TPSA) is 80.2 Å². The second-order valence-electron chi connectivity index (χ2n) is 9.01. The van der Waals surface area contributed by atoms with Crippen LogP contribution in [0, 0.1) is 0 Å². The largest absolute Gasteiger partial charge is 0.494 e. The number of aliphatic hydroxyl groups is 1. The second kappa shape index (κ2) is 12.6. The maximum absolute atomic E-state index is 13.5. The van der Waals surface area contributed by atoms with Crippen molar-refractivity contribution < 1.29 is 32.5 Å². The van der Waals surface area contributed by atoms with Crippen molar-refractivity contribution in [3.05, 3.63) is 108 Å². The number of aliphatic hydroxyl groups excluding tert-OH is 1. The van der Waals surface area contributed by atoms with Crippen molar-refractivity contribution in [3.8, 4) is 5.75 Å². The molecule has 3 aromatic rings. The van der Waals surface area contributed by atoms with Gasteiger partial charge in [-0.25, -0.2) is 4.99 Å². The summed E-state index contributed by atoms with van der Waals surface area (Å²) in [7, 11) is 0. The van der Waals surface area contributed by atoms with Crippen LogP contribution < -0.4 is 10.1 Å². The summed E-state index contributed by atoms with van der Waals surface area (Å²) in [6.45, 7) is -1.12. The Morgan fingerprint density at radius 2 is 1.69 bits per heavy atom. The van der Waals surface area contributed by atoms with Crippen LogP contribution in [0.5, 0.6) is 5.75 Å². The predicted molar refractivity (Wildman–Crippen MR) is 142 cm³/mol. The molecule has 0 saturated carbocycles. The average molecular weight is 539 g/mol. The summed E-state index contributed by atoms with van der Waals surface area (Å²) >= 11 is 0. The first-order chi connectivity index (χ1) is 18.8. The number of nitrogens with zero attached hydrogens (tertiary/aromatic N) is 1. The molecule has 2 atom stereocenters. The van der Waals surface area contributed by atoms with E-state index in [1.54, 1.807) is 66.7 Å². The van der Waals surface area contributed by atoms with Crippen LogP contribution in [0.3, 0.4) is 0 Å². The molecule has 0 aromatic heterocycles. The number of aliphatic imine (C=N–C) groups is 1. The summed E-state index contributed by atoms with van der Waals surface area (Å²) < 4.78 is 51.1. The van der Waals surface area contributed by atoms with Gasteiger partial charge in [0.1, 0.15) is 12.3 Å². The van der Waals surface area contributed by atoms with Crippen molar-refractivity contribution >= 4 is 17.9 Å². The number of benzene rings is 3. The molecule has 39 heavy (non-hydrogen) atoms. The van der Waals surface area contributed by atoms with E-state index in [1.807, 2.05) is 35.6 Å². The highest BCUT2D eigenvalue weighted by atomic mass is 19.4. The van der Waals surface area contributed by atoms with E-state index < -0.39 is 30.3 Å². The highest BCUT2D eigenvalue weighted by Gasteiger charge is 2.53. The van der Waals surface area contributed by atoms with Gasteiger partial charge in [-0.2, -0.15) is 13.2 Å². The van der Waals surface area contributed by atoms with Crippen molar-refractivity contribution in [2.24, 2.45) is 4.99 Å². The molecule has 1 aliphatic rings. The Balaban J connectivity index is 1.72. The van der Waals surface area contributed by atoms with Gasteiger partial charge in [0.25, 0.3) is 5.91 Å². The molecule has 4 rings (SSSR count). The number of rotatable bonds is 11. The highest BCUT2D eigenvalue weighted by molar-refractivity contribution is 6.01. The first-order valence-corrected chi connectivity index (χ1v) is 12.5. The predicted octanol–water partition coefficient (Wildman–Crippen LogP) is 5.49. The van der Waals surface area contributed by atoms with Crippen molar-refractivity contribution in [1.29, 1.82) is 0 Å². The van der Waals surface area contributed by atoms with E-state index in [-0.39, 0.29) is 18.9 Å². The quantitative estimate of drug-likeness (QED) is 0.317. The number of carbonyl (C=O) groups is 1. The molecule has 0 radical (unpaired) electrons. The summed E-state index contributed by atoms with van der Waals surface area (Å²) in [4.78, 5) is 18.2. The van der Waals surface area contributed by atoms with Crippen molar-refractivity contribution in [3.63, 3.8) is 0 Å². The molecule has 0 spiro atoms. The second-order valence-corrected chi connectivity index (χ2v) is 9.01. The Morgan fingerprint density at radius 1 is 1.03 bits per heavy atom. The number of ether oxygens (including phenoxy) is 2. The maximum atomic E-state index is 13.5. The van der Waals surface area contributed by atoms with Gasteiger partial charge < -0.3 is 19.9 Å². The molecule has 1 amide bonds. The molecular weight excluding hydrogens is 509 g/mol. The molecule has 0 fully saturated rings. The Morgan fingerprint density at radius 3 is 2.33 bits per heavy atom. The lowest BCUT2D eigenvalue weighted by Crippen LogP contribution is -2.50. The third kappa shape index (κ3) is 7.26. The van der Waals surface area contributed by atoms with E-state index >= 15 is 0 Å². The smallest absolute Gasteiger partial charge is 0.405 e. The SMILES string of the molecule is O=C(NCC(F)(F)F)[C@]1(C/C=C/c2ccccc2)N=C(c2ccc(OCCCO)cc2)O[C@@H]1c1ccccc1. The van der Waals surface area contributed by atoms with Crippen LogP contribution in [0.2, 0.25) is 0 Å². The Labute approximate surface area is 224 Å². The summed E-state index contributed by atoms with van der Waals surface area (Å²) in [6.07, 6.45) is -1.54. The first-order valence-electron chi connectivity index (χ1n) is 12.5. The lowest BCUT2D eigenvalue weighted by atomic mass is 9.84. The number of carbonyl (C=O) groups excluding carboxylic acids is 1. The van der Waals surface area contributed by atoms with Crippen molar-refractivity contribution in [2.45, 2.75) is 30.7 Å². The minimum absolute atomic E-state index is 0.00298. The maximum Gasteiger partial charge on any atom is 0.405 e. The Hall–Kier alpha value is -4.11. The number of halogens is 3. The molecule has 204 valence electrons. The van der Waals surface area contributed by atoms with Crippen LogP contribution in [0.15, 0.2) is 96.0 Å². The molecule has 0 bridgehead atoms. The third-order valence-electron chi connectivity index (χ3n) is 6.12. The van der Waals surface area contributed by atoms with Gasteiger partial charge in [0.15, 0.2) is 11.6 Å². The fourth-order valence-electron chi connectivity index (χ4n) is 4.22. The minimum atomic E-state index is -4.59. The molecule has 0 saturated heterocycles. The lowest BCUT2D eigenvalue weighted by molar-refractivity contribution is -0.143. The van der Waals surface area contributed by atoms with Gasteiger partial charge in [-0.1, -0.05) is 72.8 Å². The molecule has 1 heterocycles. The minimum Gasteiger partial charge on any atom is -0.494 e. The van der Waals surface area contributed by atoms with Gasteiger partial charge in [-0.05, 0) is 35.4 Å². The third-order valence-corrected chi connectivity index (χ3v) is 6.12. The van der Waals surface area contributed by atoms with Gasteiger partial charge in [-0.3, -0.25) is 4.79 Å². The zero-order valence-corrected chi connectivity index (χ0v) is 21.1.